The molecule has 0 amide bonds. The van der Waals surface area contributed by atoms with Crippen LogP contribution in [-0.4, -0.2) is 49.7 Å². The highest BCUT2D eigenvalue weighted by Crippen LogP contribution is 2.23. The minimum Gasteiger partial charge on any atom is -0.374 e. The van der Waals surface area contributed by atoms with E-state index in [0.717, 1.165) is 19.0 Å². The normalized spacial score (nSPS) is 17.4. The Hall–Kier alpha value is -1.13. The molecule has 1 aromatic heterocycles. The van der Waals surface area contributed by atoms with Crippen LogP contribution in [0.3, 0.4) is 0 Å². The van der Waals surface area contributed by atoms with Crippen LogP contribution in [0.15, 0.2) is 18.5 Å². The monoisotopic (exact) mass is 290 g/mol. The topological polar surface area (TPSA) is 31.4 Å². The summed E-state index contributed by atoms with van der Waals surface area (Å²) in [6, 6.07) is 2.64. The average Bonchev–Trinajstić information content (AvgIpc) is 2.47. The number of anilines is 1. The van der Waals surface area contributed by atoms with Crippen LogP contribution >= 0.6 is 0 Å². The molecule has 2 rings (SSSR count). The Morgan fingerprint density at radius 3 is 2.76 bits per heavy atom. The van der Waals surface area contributed by atoms with E-state index in [-0.39, 0.29) is 0 Å². The fourth-order valence-electron chi connectivity index (χ4n) is 2.97. The third-order valence-corrected chi connectivity index (χ3v) is 4.36. The maximum absolute atomic E-state index is 4.29. The van der Waals surface area contributed by atoms with E-state index < -0.39 is 0 Å². The molecular weight excluding hydrogens is 260 g/mol. The molecule has 0 unspecified atom stereocenters. The summed E-state index contributed by atoms with van der Waals surface area (Å²) >= 11 is 0. The lowest BCUT2D eigenvalue weighted by atomic mass is 9.96. The van der Waals surface area contributed by atoms with Crippen molar-refractivity contribution in [2.45, 2.75) is 39.3 Å². The molecule has 0 aliphatic carbocycles. The van der Waals surface area contributed by atoms with Gasteiger partial charge in [-0.15, -0.1) is 0 Å². The number of rotatable bonds is 6. The number of aromatic nitrogens is 1. The second-order valence-electron chi connectivity index (χ2n) is 6.67. The van der Waals surface area contributed by atoms with Crippen molar-refractivity contribution in [1.29, 1.82) is 0 Å². The smallest absolute Gasteiger partial charge is 0.0440 e. The molecule has 1 aliphatic rings. The number of nitrogens with one attached hydrogen (secondary N) is 1. The van der Waals surface area contributed by atoms with Gasteiger partial charge in [-0.2, -0.15) is 0 Å². The molecule has 0 saturated carbocycles. The molecule has 0 bridgehead atoms. The van der Waals surface area contributed by atoms with E-state index in [1.165, 1.54) is 37.2 Å². The average molecular weight is 290 g/mol. The van der Waals surface area contributed by atoms with Crippen LogP contribution in [0.2, 0.25) is 0 Å². The second-order valence-corrected chi connectivity index (χ2v) is 6.67. The molecular formula is C17H30N4. The summed E-state index contributed by atoms with van der Waals surface area (Å²) in [4.78, 5) is 9.13. The van der Waals surface area contributed by atoms with Gasteiger partial charge in [-0.1, -0.05) is 13.8 Å². The van der Waals surface area contributed by atoms with Crippen LogP contribution in [0.1, 0.15) is 32.3 Å². The van der Waals surface area contributed by atoms with Gasteiger partial charge in [0.1, 0.15) is 0 Å². The number of nitrogens with zero attached hydrogens (tertiary/aromatic N) is 3. The maximum Gasteiger partial charge on any atom is 0.0440 e. The van der Waals surface area contributed by atoms with E-state index in [1.807, 2.05) is 12.4 Å². The Labute approximate surface area is 129 Å². The molecule has 2 heterocycles. The maximum atomic E-state index is 4.29. The molecule has 4 nitrogen and oxygen atoms in total. The first-order valence-corrected chi connectivity index (χ1v) is 8.12. The van der Waals surface area contributed by atoms with Gasteiger partial charge < -0.3 is 15.1 Å². The first-order valence-electron chi connectivity index (χ1n) is 8.12. The minimum absolute atomic E-state index is 0.497. The molecule has 21 heavy (non-hydrogen) atoms. The van der Waals surface area contributed by atoms with E-state index in [2.05, 4.69) is 54.1 Å². The van der Waals surface area contributed by atoms with Gasteiger partial charge in [-0.05, 0) is 45.0 Å². The van der Waals surface area contributed by atoms with Gasteiger partial charge in [0.2, 0.25) is 0 Å². The van der Waals surface area contributed by atoms with Crippen LogP contribution in [-0.2, 0) is 6.54 Å². The number of hydrogen-bond donors (Lipinski definition) is 1. The first kappa shape index (κ1) is 16.2. The van der Waals surface area contributed by atoms with E-state index in [4.69, 9.17) is 0 Å². The number of likely N-dealkylation sites (tertiary alicyclic amines) is 1. The molecule has 1 aliphatic heterocycles. The third kappa shape index (κ3) is 4.97. The van der Waals surface area contributed by atoms with Gasteiger partial charge >= 0.3 is 0 Å². The van der Waals surface area contributed by atoms with Crippen LogP contribution in [0.5, 0.6) is 0 Å². The molecule has 0 spiro atoms. The van der Waals surface area contributed by atoms with Crippen molar-refractivity contribution in [3.8, 4) is 0 Å². The van der Waals surface area contributed by atoms with E-state index in [9.17, 15) is 0 Å². The fraction of sp³-hybridized carbons (Fsp3) is 0.706. The molecule has 1 fully saturated rings. The van der Waals surface area contributed by atoms with Crippen molar-refractivity contribution in [3.05, 3.63) is 24.0 Å². The van der Waals surface area contributed by atoms with Crippen LogP contribution in [0.25, 0.3) is 0 Å². The predicted molar refractivity (Wildman–Crippen MR) is 89.7 cm³/mol. The van der Waals surface area contributed by atoms with Crippen molar-refractivity contribution in [3.63, 3.8) is 0 Å². The molecule has 1 aromatic rings. The van der Waals surface area contributed by atoms with Gasteiger partial charge in [0, 0.05) is 49.8 Å². The minimum atomic E-state index is 0.497. The quantitative estimate of drug-likeness (QED) is 0.871. The SMILES string of the molecule is CC(C)NCc1cnccc1N(C)CC1CCN(C)CC1. The summed E-state index contributed by atoms with van der Waals surface area (Å²) < 4.78 is 0. The molecule has 0 atom stereocenters. The third-order valence-electron chi connectivity index (χ3n) is 4.36. The standard InChI is InChI=1S/C17H30N4/c1-14(2)19-12-16-11-18-8-5-17(16)21(4)13-15-6-9-20(3)10-7-15/h5,8,11,14-15,19H,6-7,9-10,12-13H2,1-4H3. The highest BCUT2D eigenvalue weighted by molar-refractivity contribution is 5.51. The zero-order chi connectivity index (χ0) is 15.2. The lowest BCUT2D eigenvalue weighted by molar-refractivity contribution is 0.222. The van der Waals surface area contributed by atoms with Crippen molar-refractivity contribution in [2.75, 3.05) is 38.6 Å². The molecule has 1 N–H and O–H groups in total. The van der Waals surface area contributed by atoms with Crippen LogP contribution in [0, 0.1) is 5.92 Å². The molecule has 0 radical (unpaired) electrons. The highest BCUT2D eigenvalue weighted by atomic mass is 15.1. The Kier molecular flexibility index (Phi) is 6.00. The van der Waals surface area contributed by atoms with E-state index in [1.54, 1.807) is 0 Å². The lowest BCUT2D eigenvalue weighted by Gasteiger charge is -2.33. The van der Waals surface area contributed by atoms with Gasteiger partial charge in [0.05, 0.1) is 0 Å². The molecule has 1 saturated heterocycles. The number of hydrogen-bond acceptors (Lipinski definition) is 4. The summed E-state index contributed by atoms with van der Waals surface area (Å²) in [6.07, 6.45) is 6.52. The predicted octanol–water partition coefficient (Wildman–Crippen LogP) is 2.36. The molecule has 4 heteroatoms. The summed E-state index contributed by atoms with van der Waals surface area (Å²) in [5.41, 5.74) is 2.61. The Balaban J connectivity index is 1.96. The van der Waals surface area contributed by atoms with Gasteiger partial charge in [0.25, 0.3) is 0 Å². The van der Waals surface area contributed by atoms with Crippen molar-refractivity contribution < 1.29 is 0 Å². The van der Waals surface area contributed by atoms with Crippen molar-refractivity contribution in [1.82, 2.24) is 15.2 Å². The highest BCUT2D eigenvalue weighted by Gasteiger charge is 2.19. The lowest BCUT2D eigenvalue weighted by Crippen LogP contribution is -2.36. The van der Waals surface area contributed by atoms with Crippen LogP contribution < -0.4 is 10.2 Å². The zero-order valence-corrected chi connectivity index (χ0v) is 14.0. The summed E-state index contributed by atoms with van der Waals surface area (Å²) in [7, 11) is 4.44. The van der Waals surface area contributed by atoms with Crippen LogP contribution in [0.4, 0.5) is 5.69 Å². The molecule has 0 aromatic carbocycles. The Morgan fingerprint density at radius 1 is 1.38 bits per heavy atom. The second kappa shape index (κ2) is 7.76. The van der Waals surface area contributed by atoms with Gasteiger partial charge in [-0.3, -0.25) is 4.98 Å². The number of piperidine rings is 1. The van der Waals surface area contributed by atoms with Crippen molar-refractivity contribution in [2.24, 2.45) is 5.92 Å². The number of pyridine rings is 1. The largest absolute Gasteiger partial charge is 0.374 e. The van der Waals surface area contributed by atoms with Gasteiger partial charge in [0.15, 0.2) is 0 Å². The van der Waals surface area contributed by atoms with E-state index >= 15 is 0 Å². The van der Waals surface area contributed by atoms with Crippen molar-refractivity contribution >= 4 is 5.69 Å². The van der Waals surface area contributed by atoms with Gasteiger partial charge in [-0.25, -0.2) is 0 Å². The Morgan fingerprint density at radius 2 is 2.10 bits per heavy atom. The summed E-state index contributed by atoms with van der Waals surface area (Å²) in [5, 5.41) is 3.49. The zero-order valence-electron chi connectivity index (χ0n) is 14.0. The Bertz CT molecular complexity index is 425. The van der Waals surface area contributed by atoms with E-state index in [0.29, 0.717) is 6.04 Å². The fourth-order valence-corrected chi connectivity index (χ4v) is 2.97. The summed E-state index contributed by atoms with van der Waals surface area (Å²) in [5.74, 6) is 0.810. The summed E-state index contributed by atoms with van der Waals surface area (Å²) in [6.45, 7) is 8.86. The first-order chi connectivity index (χ1) is 10.1. The molecule has 118 valence electrons.